The number of rotatable bonds is 8. The second kappa shape index (κ2) is 15.5. The lowest BCUT2D eigenvalue weighted by atomic mass is 9.87. The van der Waals surface area contributed by atoms with Gasteiger partial charge in [-0.15, -0.1) is 11.3 Å². The average Bonchev–Trinajstić information content (AvgIpc) is 3.92. The summed E-state index contributed by atoms with van der Waals surface area (Å²) in [6, 6.07) is 88.5. The molecule has 0 N–H and O–H groups in total. The molecule has 63 heavy (non-hydrogen) atoms. The highest BCUT2D eigenvalue weighted by atomic mass is 32.1. The number of hydrogen-bond acceptors (Lipinski definition) is 2. The van der Waals surface area contributed by atoms with Crippen LogP contribution in [0.25, 0.3) is 92.2 Å². The largest absolute Gasteiger partial charge is 0.309 e. The second-order valence-corrected chi connectivity index (χ2v) is 17.1. The van der Waals surface area contributed by atoms with Crippen molar-refractivity contribution in [3.8, 4) is 50.2 Å². The maximum Gasteiger partial charge on any atom is 0.0619 e. The van der Waals surface area contributed by atoms with Crippen molar-refractivity contribution in [2.24, 2.45) is 0 Å². The quantitative estimate of drug-likeness (QED) is 0.148. The molecule has 0 bridgehead atoms. The summed E-state index contributed by atoms with van der Waals surface area (Å²) in [6.45, 7) is 0. The summed E-state index contributed by atoms with van der Waals surface area (Å²) in [7, 11) is 0. The van der Waals surface area contributed by atoms with E-state index in [4.69, 9.17) is 0 Å². The third-order valence-corrected chi connectivity index (χ3v) is 13.5. The molecule has 12 rings (SSSR count). The molecule has 0 spiro atoms. The van der Waals surface area contributed by atoms with Crippen LogP contribution in [0.5, 0.6) is 0 Å². The molecule has 0 saturated carbocycles. The normalized spacial score (nSPS) is 11.5. The van der Waals surface area contributed by atoms with Gasteiger partial charge < -0.3 is 9.47 Å². The Balaban J connectivity index is 1.17. The Morgan fingerprint density at radius 2 is 0.889 bits per heavy atom. The lowest BCUT2D eigenvalue weighted by Gasteiger charge is -2.31. The molecule has 3 heteroatoms. The molecule has 2 nitrogen and oxygen atoms in total. The van der Waals surface area contributed by atoms with E-state index in [1.54, 1.807) is 0 Å². The lowest BCUT2D eigenvalue weighted by Crippen LogP contribution is -2.12. The van der Waals surface area contributed by atoms with Crippen LogP contribution in [0.2, 0.25) is 0 Å². The minimum atomic E-state index is 1.08. The van der Waals surface area contributed by atoms with E-state index in [-0.39, 0.29) is 0 Å². The summed E-state index contributed by atoms with van der Waals surface area (Å²) < 4.78 is 4.98. The lowest BCUT2D eigenvalue weighted by molar-refractivity contribution is 1.18. The van der Waals surface area contributed by atoms with Crippen molar-refractivity contribution in [1.82, 2.24) is 4.57 Å². The van der Waals surface area contributed by atoms with Crippen molar-refractivity contribution in [3.05, 3.63) is 243 Å². The number of hydrogen-bond donors (Lipinski definition) is 0. The Morgan fingerprint density at radius 1 is 0.349 bits per heavy atom. The molecule has 0 amide bonds. The standard InChI is InChI=1S/C60H40N2S/c1-4-20-41(21-5-1)46-28-10-11-30-50(46)58-47(42-22-6-2-7-23-42)32-18-36-54(58)61(55-37-19-39-57-59(55)52-31-13-15-38-56(52)63-57)45-27-16-24-43(40-45)48-33-17-34-51-49-29-12-14-35-53(49)62(60(48)51)44-25-8-3-9-26-44/h1-40H. The van der Waals surface area contributed by atoms with Crippen LogP contribution in [0.1, 0.15) is 0 Å². The van der Waals surface area contributed by atoms with Crippen molar-refractivity contribution in [2.75, 3.05) is 4.90 Å². The maximum atomic E-state index is 2.53. The number of aromatic nitrogens is 1. The van der Waals surface area contributed by atoms with Crippen molar-refractivity contribution in [2.45, 2.75) is 0 Å². The minimum Gasteiger partial charge on any atom is -0.309 e. The van der Waals surface area contributed by atoms with Crippen LogP contribution in [0.4, 0.5) is 17.1 Å². The third kappa shape index (κ3) is 6.24. The molecule has 2 heterocycles. The Morgan fingerprint density at radius 3 is 1.70 bits per heavy atom. The van der Waals surface area contributed by atoms with Crippen LogP contribution in [-0.4, -0.2) is 4.57 Å². The number of anilines is 3. The van der Waals surface area contributed by atoms with E-state index in [0.717, 1.165) is 28.3 Å². The first kappa shape index (κ1) is 36.8. The fourth-order valence-electron chi connectivity index (χ4n) is 9.70. The van der Waals surface area contributed by atoms with Crippen molar-refractivity contribution in [3.63, 3.8) is 0 Å². The summed E-state index contributed by atoms with van der Waals surface area (Å²) in [5.74, 6) is 0. The zero-order valence-electron chi connectivity index (χ0n) is 34.4. The average molecular weight is 821 g/mol. The summed E-state index contributed by atoms with van der Waals surface area (Å²) in [4.78, 5) is 2.53. The molecule has 0 aliphatic heterocycles. The van der Waals surface area contributed by atoms with Crippen LogP contribution >= 0.6 is 11.3 Å². The van der Waals surface area contributed by atoms with E-state index in [1.165, 1.54) is 80.9 Å². The summed E-state index contributed by atoms with van der Waals surface area (Å²) >= 11 is 1.86. The molecule has 0 fully saturated rings. The summed E-state index contributed by atoms with van der Waals surface area (Å²) in [5, 5.41) is 4.99. The molecule has 10 aromatic carbocycles. The monoisotopic (exact) mass is 820 g/mol. The van der Waals surface area contributed by atoms with Gasteiger partial charge in [0.05, 0.1) is 22.4 Å². The van der Waals surface area contributed by atoms with E-state index >= 15 is 0 Å². The zero-order valence-corrected chi connectivity index (χ0v) is 35.2. The zero-order chi connectivity index (χ0) is 41.7. The molecule has 0 radical (unpaired) electrons. The van der Waals surface area contributed by atoms with Gasteiger partial charge in [-0.3, -0.25) is 0 Å². The summed E-state index contributed by atoms with van der Waals surface area (Å²) in [5.41, 5.74) is 16.3. The highest BCUT2D eigenvalue weighted by molar-refractivity contribution is 7.26. The van der Waals surface area contributed by atoms with E-state index in [1.807, 2.05) is 11.3 Å². The Hall–Kier alpha value is -7.98. The van der Waals surface area contributed by atoms with Crippen LogP contribution < -0.4 is 4.90 Å². The number of nitrogens with zero attached hydrogens (tertiary/aromatic N) is 2. The van der Waals surface area contributed by atoms with Gasteiger partial charge in [-0.2, -0.15) is 0 Å². The SMILES string of the molecule is c1ccc(-c2ccccc2-c2c(-c3ccccc3)cccc2N(c2cccc(-c3cccc4c5ccccc5n(-c5ccccc5)c34)c2)c2cccc3sc4ccccc4c23)cc1. The number of benzene rings is 10. The van der Waals surface area contributed by atoms with Crippen molar-refractivity contribution >= 4 is 70.4 Å². The molecular formula is C60H40N2S. The predicted octanol–water partition coefficient (Wildman–Crippen LogP) is 17.3. The molecule has 0 aliphatic rings. The minimum absolute atomic E-state index is 1.08. The fraction of sp³-hybridized carbons (Fsp3) is 0. The topological polar surface area (TPSA) is 8.17 Å². The van der Waals surface area contributed by atoms with Crippen molar-refractivity contribution in [1.29, 1.82) is 0 Å². The second-order valence-electron chi connectivity index (χ2n) is 16.0. The number of para-hydroxylation sites is 3. The van der Waals surface area contributed by atoms with Crippen LogP contribution in [-0.2, 0) is 0 Å². The van der Waals surface area contributed by atoms with E-state index in [2.05, 4.69) is 252 Å². The predicted molar refractivity (Wildman–Crippen MR) is 270 cm³/mol. The van der Waals surface area contributed by atoms with Gasteiger partial charge in [-0.1, -0.05) is 188 Å². The van der Waals surface area contributed by atoms with Gasteiger partial charge in [0.25, 0.3) is 0 Å². The van der Waals surface area contributed by atoms with Gasteiger partial charge in [0.15, 0.2) is 0 Å². The highest BCUT2D eigenvalue weighted by Crippen LogP contribution is 2.51. The fourth-order valence-corrected chi connectivity index (χ4v) is 10.8. The maximum absolute atomic E-state index is 2.53. The van der Waals surface area contributed by atoms with E-state index < -0.39 is 0 Å². The molecule has 0 saturated heterocycles. The van der Waals surface area contributed by atoms with Crippen molar-refractivity contribution < 1.29 is 0 Å². The third-order valence-electron chi connectivity index (χ3n) is 12.4. The molecule has 296 valence electrons. The number of thiophene rings is 1. The first-order chi connectivity index (χ1) is 31.3. The molecule has 0 atom stereocenters. The molecule has 0 aliphatic carbocycles. The first-order valence-electron chi connectivity index (χ1n) is 21.5. The highest BCUT2D eigenvalue weighted by Gasteiger charge is 2.26. The number of fused-ring (bicyclic) bond motifs is 6. The summed E-state index contributed by atoms with van der Waals surface area (Å²) in [6.07, 6.45) is 0. The van der Waals surface area contributed by atoms with Crippen LogP contribution in [0.15, 0.2) is 243 Å². The van der Waals surface area contributed by atoms with Gasteiger partial charge in [-0.05, 0) is 88.0 Å². The Kier molecular flexibility index (Phi) is 9.06. The van der Waals surface area contributed by atoms with Gasteiger partial charge in [0, 0.05) is 53.4 Å². The molecule has 2 aromatic heterocycles. The first-order valence-corrected chi connectivity index (χ1v) is 22.3. The van der Waals surface area contributed by atoms with E-state index in [0.29, 0.717) is 0 Å². The van der Waals surface area contributed by atoms with Gasteiger partial charge in [-0.25, -0.2) is 0 Å². The van der Waals surface area contributed by atoms with Gasteiger partial charge in [0.1, 0.15) is 0 Å². The van der Waals surface area contributed by atoms with Crippen LogP contribution in [0.3, 0.4) is 0 Å². The Bertz CT molecular complexity index is 3620. The molecular weight excluding hydrogens is 781 g/mol. The van der Waals surface area contributed by atoms with E-state index in [9.17, 15) is 0 Å². The Labute approximate surface area is 370 Å². The molecule has 0 unspecified atom stereocenters. The molecule has 12 aromatic rings. The smallest absolute Gasteiger partial charge is 0.0619 e. The van der Waals surface area contributed by atoms with Crippen LogP contribution in [0, 0.1) is 0 Å². The van der Waals surface area contributed by atoms with Gasteiger partial charge >= 0.3 is 0 Å². The van der Waals surface area contributed by atoms with Gasteiger partial charge in [0.2, 0.25) is 0 Å².